The molecular formula is C11H16NO2P. The molecule has 82 valence electrons. The minimum absolute atomic E-state index is 0.182. The SMILES string of the molecule is CC[C@H]1C[C@]1(N)c1ccc([PH](=O)O)cc1. The molecule has 3 nitrogen and oxygen atoms in total. The molecule has 3 N–H and O–H groups in total. The van der Waals surface area contributed by atoms with Gasteiger partial charge in [0.1, 0.15) is 0 Å². The fourth-order valence-corrected chi connectivity index (χ4v) is 2.59. The van der Waals surface area contributed by atoms with Crippen LogP contribution >= 0.6 is 8.03 Å². The van der Waals surface area contributed by atoms with Gasteiger partial charge in [-0.1, -0.05) is 25.5 Å². The first-order valence-corrected chi connectivity index (χ1v) is 6.56. The van der Waals surface area contributed by atoms with Crippen LogP contribution in [0.4, 0.5) is 0 Å². The minimum Gasteiger partial charge on any atom is -0.343 e. The fourth-order valence-electron chi connectivity index (χ4n) is 2.13. The first-order valence-electron chi connectivity index (χ1n) is 5.20. The second-order valence-electron chi connectivity index (χ2n) is 4.23. The van der Waals surface area contributed by atoms with Gasteiger partial charge in [-0.05, 0) is 30.0 Å². The quantitative estimate of drug-likeness (QED) is 0.763. The molecule has 1 saturated carbocycles. The molecule has 0 bridgehead atoms. The van der Waals surface area contributed by atoms with Crippen LogP contribution in [0.25, 0.3) is 0 Å². The number of hydrogen-bond acceptors (Lipinski definition) is 2. The molecule has 1 aromatic rings. The van der Waals surface area contributed by atoms with E-state index in [1.807, 2.05) is 12.1 Å². The average Bonchev–Trinajstić information content (AvgIpc) is 2.91. The normalized spacial score (nSPS) is 31.3. The first-order chi connectivity index (χ1) is 7.08. The van der Waals surface area contributed by atoms with Crippen LogP contribution in [0.3, 0.4) is 0 Å². The topological polar surface area (TPSA) is 63.3 Å². The van der Waals surface area contributed by atoms with E-state index in [0.717, 1.165) is 18.4 Å². The highest BCUT2D eigenvalue weighted by Gasteiger charge is 2.50. The maximum atomic E-state index is 10.9. The number of rotatable bonds is 3. The van der Waals surface area contributed by atoms with Crippen LogP contribution in [0, 0.1) is 5.92 Å². The number of hydrogen-bond donors (Lipinski definition) is 2. The average molecular weight is 225 g/mol. The Morgan fingerprint density at radius 1 is 1.53 bits per heavy atom. The van der Waals surface area contributed by atoms with Crippen LogP contribution in [0.2, 0.25) is 0 Å². The van der Waals surface area contributed by atoms with Crippen molar-refractivity contribution in [3.8, 4) is 0 Å². The van der Waals surface area contributed by atoms with Crippen molar-refractivity contribution in [2.24, 2.45) is 11.7 Å². The molecule has 0 aliphatic heterocycles. The Balaban J connectivity index is 2.22. The Hall–Kier alpha value is -0.630. The van der Waals surface area contributed by atoms with Crippen molar-refractivity contribution in [2.75, 3.05) is 0 Å². The van der Waals surface area contributed by atoms with Crippen molar-refractivity contribution < 1.29 is 9.46 Å². The molecule has 1 aliphatic rings. The Morgan fingerprint density at radius 2 is 2.13 bits per heavy atom. The summed E-state index contributed by atoms with van der Waals surface area (Å²) in [7, 11) is -2.56. The van der Waals surface area contributed by atoms with E-state index in [9.17, 15) is 4.57 Å². The number of nitrogens with two attached hydrogens (primary N) is 1. The minimum atomic E-state index is -2.56. The van der Waals surface area contributed by atoms with Crippen molar-refractivity contribution in [1.29, 1.82) is 0 Å². The summed E-state index contributed by atoms with van der Waals surface area (Å²) in [6.07, 6.45) is 2.12. The lowest BCUT2D eigenvalue weighted by Gasteiger charge is -2.11. The fraction of sp³-hybridized carbons (Fsp3) is 0.455. The Morgan fingerprint density at radius 3 is 2.53 bits per heavy atom. The maximum Gasteiger partial charge on any atom is 0.218 e. The molecule has 1 aromatic carbocycles. The van der Waals surface area contributed by atoms with Crippen molar-refractivity contribution in [3.63, 3.8) is 0 Å². The summed E-state index contributed by atoms with van der Waals surface area (Å²) >= 11 is 0. The molecule has 15 heavy (non-hydrogen) atoms. The van der Waals surface area contributed by atoms with Crippen LogP contribution in [0.5, 0.6) is 0 Å². The summed E-state index contributed by atoms with van der Waals surface area (Å²) in [5, 5.41) is 0.501. The van der Waals surface area contributed by atoms with Crippen LogP contribution in [0.15, 0.2) is 24.3 Å². The third-order valence-corrected chi connectivity index (χ3v) is 4.14. The summed E-state index contributed by atoms with van der Waals surface area (Å²) in [6, 6.07) is 7.17. The predicted octanol–water partition coefficient (Wildman–Crippen LogP) is 1.36. The van der Waals surface area contributed by atoms with Gasteiger partial charge >= 0.3 is 0 Å². The molecule has 2 rings (SSSR count). The zero-order valence-corrected chi connectivity index (χ0v) is 9.73. The predicted molar refractivity (Wildman–Crippen MR) is 61.6 cm³/mol. The van der Waals surface area contributed by atoms with Crippen LogP contribution in [-0.4, -0.2) is 4.89 Å². The van der Waals surface area contributed by atoms with Gasteiger partial charge in [0.25, 0.3) is 0 Å². The summed E-state index contributed by atoms with van der Waals surface area (Å²) in [4.78, 5) is 8.95. The van der Waals surface area contributed by atoms with E-state index in [4.69, 9.17) is 10.6 Å². The highest BCUT2D eigenvalue weighted by molar-refractivity contribution is 7.47. The lowest BCUT2D eigenvalue weighted by molar-refractivity contribution is 0.513. The summed E-state index contributed by atoms with van der Waals surface area (Å²) in [5.41, 5.74) is 7.12. The Bertz CT molecular complexity index is 390. The van der Waals surface area contributed by atoms with E-state index in [-0.39, 0.29) is 5.54 Å². The summed E-state index contributed by atoms with van der Waals surface area (Å²) in [5.74, 6) is 0.564. The van der Waals surface area contributed by atoms with E-state index in [1.165, 1.54) is 0 Å². The molecule has 0 heterocycles. The van der Waals surface area contributed by atoms with Gasteiger partial charge in [0.2, 0.25) is 8.03 Å². The van der Waals surface area contributed by atoms with Gasteiger partial charge in [-0.2, -0.15) is 0 Å². The molecule has 0 aromatic heterocycles. The molecule has 4 heteroatoms. The summed E-state index contributed by atoms with van der Waals surface area (Å²) < 4.78 is 10.9. The largest absolute Gasteiger partial charge is 0.343 e. The Kier molecular flexibility index (Phi) is 2.72. The molecule has 0 saturated heterocycles. The lowest BCUT2D eigenvalue weighted by Crippen LogP contribution is -2.22. The van der Waals surface area contributed by atoms with Gasteiger partial charge in [-0.15, -0.1) is 0 Å². The van der Waals surface area contributed by atoms with Crippen molar-refractivity contribution in [2.45, 2.75) is 25.3 Å². The van der Waals surface area contributed by atoms with E-state index in [2.05, 4.69) is 6.92 Å². The van der Waals surface area contributed by atoms with Gasteiger partial charge in [-0.3, -0.25) is 4.57 Å². The van der Waals surface area contributed by atoms with Gasteiger partial charge < -0.3 is 10.6 Å². The molecule has 1 unspecified atom stereocenters. The second-order valence-corrected chi connectivity index (χ2v) is 5.42. The van der Waals surface area contributed by atoms with Gasteiger partial charge in [0.15, 0.2) is 0 Å². The van der Waals surface area contributed by atoms with Gasteiger partial charge in [0, 0.05) is 10.8 Å². The highest BCUT2D eigenvalue weighted by Crippen LogP contribution is 2.51. The Labute approximate surface area is 90.2 Å². The summed E-state index contributed by atoms with van der Waals surface area (Å²) in [6.45, 7) is 2.14. The van der Waals surface area contributed by atoms with E-state index in [1.54, 1.807) is 12.1 Å². The molecular weight excluding hydrogens is 209 g/mol. The zero-order chi connectivity index (χ0) is 11.1. The third-order valence-electron chi connectivity index (χ3n) is 3.31. The third kappa shape index (κ3) is 1.87. The van der Waals surface area contributed by atoms with E-state index in [0.29, 0.717) is 11.2 Å². The molecule has 1 fully saturated rings. The van der Waals surface area contributed by atoms with Gasteiger partial charge in [0.05, 0.1) is 0 Å². The standard InChI is InChI=1S/C11H16NO2P/c1-2-8-7-11(8,12)9-3-5-10(6-4-9)15(13)14/h3-6,8,15H,2,7,12H2,1H3,(H,13,14)/t8-,11+/m0/s1. The van der Waals surface area contributed by atoms with Crippen molar-refractivity contribution in [1.82, 2.24) is 0 Å². The molecule has 0 amide bonds. The monoisotopic (exact) mass is 225 g/mol. The molecule has 3 atom stereocenters. The van der Waals surface area contributed by atoms with Crippen molar-refractivity contribution >= 4 is 13.3 Å². The van der Waals surface area contributed by atoms with Crippen molar-refractivity contribution in [3.05, 3.63) is 29.8 Å². The maximum absolute atomic E-state index is 10.9. The first kappa shape index (κ1) is 10.9. The van der Waals surface area contributed by atoms with Gasteiger partial charge in [-0.25, -0.2) is 0 Å². The van der Waals surface area contributed by atoms with Crippen LogP contribution < -0.4 is 11.0 Å². The van der Waals surface area contributed by atoms with Crippen LogP contribution in [0.1, 0.15) is 25.3 Å². The van der Waals surface area contributed by atoms with Crippen LogP contribution in [-0.2, 0) is 10.1 Å². The lowest BCUT2D eigenvalue weighted by atomic mass is 10.0. The molecule has 0 radical (unpaired) electrons. The zero-order valence-electron chi connectivity index (χ0n) is 8.73. The molecule has 0 spiro atoms. The van der Waals surface area contributed by atoms with E-state index < -0.39 is 8.03 Å². The second kappa shape index (κ2) is 3.75. The van der Waals surface area contributed by atoms with E-state index >= 15 is 0 Å². The molecule has 1 aliphatic carbocycles. The number of benzene rings is 1. The smallest absolute Gasteiger partial charge is 0.218 e. The highest BCUT2D eigenvalue weighted by atomic mass is 31.1.